The molecule has 0 aromatic heterocycles. The Bertz CT molecular complexity index is 314. The zero-order valence-corrected chi connectivity index (χ0v) is 12.1. The third-order valence-corrected chi connectivity index (χ3v) is 2.51. The predicted octanol–water partition coefficient (Wildman–Crippen LogP) is 3.94. The molecule has 0 amide bonds. The van der Waals surface area contributed by atoms with Crippen molar-refractivity contribution in [2.24, 2.45) is 11.8 Å². The lowest BCUT2D eigenvalue weighted by molar-refractivity contribution is 0.0819. The van der Waals surface area contributed by atoms with E-state index in [0.29, 0.717) is 25.0 Å². The van der Waals surface area contributed by atoms with Gasteiger partial charge in [0.25, 0.3) is 0 Å². The second-order valence-electron chi connectivity index (χ2n) is 5.56. The summed E-state index contributed by atoms with van der Waals surface area (Å²) in [5.74, 6) is 2.21. The third-order valence-electron chi connectivity index (χ3n) is 2.51. The summed E-state index contributed by atoms with van der Waals surface area (Å²) in [4.78, 5) is 0. The van der Waals surface area contributed by atoms with Crippen LogP contribution in [0.3, 0.4) is 0 Å². The van der Waals surface area contributed by atoms with Crippen LogP contribution in [-0.2, 0) is 11.2 Å². The molecule has 0 fully saturated rings. The van der Waals surface area contributed by atoms with Crippen LogP contribution in [0.5, 0.6) is 5.75 Å². The topological polar surface area (TPSA) is 18.5 Å². The van der Waals surface area contributed by atoms with Crippen LogP contribution in [0.25, 0.3) is 0 Å². The van der Waals surface area contributed by atoms with Gasteiger partial charge in [-0.15, -0.1) is 0 Å². The van der Waals surface area contributed by atoms with Gasteiger partial charge in [0.1, 0.15) is 12.4 Å². The second kappa shape index (κ2) is 8.15. The highest BCUT2D eigenvalue weighted by molar-refractivity contribution is 5.27. The van der Waals surface area contributed by atoms with E-state index < -0.39 is 0 Å². The minimum Gasteiger partial charge on any atom is -0.491 e. The molecule has 0 bridgehead atoms. The van der Waals surface area contributed by atoms with Gasteiger partial charge in [-0.3, -0.25) is 0 Å². The maximum atomic E-state index is 5.62. The van der Waals surface area contributed by atoms with Gasteiger partial charge in [0.15, 0.2) is 0 Å². The van der Waals surface area contributed by atoms with Crippen LogP contribution in [0.2, 0.25) is 0 Å². The van der Waals surface area contributed by atoms with Crippen LogP contribution in [0.4, 0.5) is 0 Å². The fourth-order valence-corrected chi connectivity index (χ4v) is 1.73. The SMILES string of the molecule is CC(C)COCCOc1ccc(CC(C)C)cc1. The molecule has 0 unspecified atom stereocenters. The van der Waals surface area contributed by atoms with E-state index in [1.54, 1.807) is 0 Å². The number of ether oxygens (including phenoxy) is 2. The first-order valence-corrected chi connectivity index (χ1v) is 6.87. The molecule has 0 saturated carbocycles. The summed E-state index contributed by atoms with van der Waals surface area (Å²) >= 11 is 0. The van der Waals surface area contributed by atoms with Crippen molar-refractivity contribution in [3.63, 3.8) is 0 Å². The molecule has 1 rings (SSSR count). The van der Waals surface area contributed by atoms with Gasteiger partial charge >= 0.3 is 0 Å². The Kier molecular flexibility index (Phi) is 6.81. The maximum absolute atomic E-state index is 5.62. The summed E-state index contributed by atoms with van der Waals surface area (Å²) in [6, 6.07) is 8.37. The Morgan fingerprint density at radius 2 is 1.56 bits per heavy atom. The molecule has 0 saturated heterocycles. The summed E-state index contributed by atoms with van der Waals surface area (Å²) in [6.07, 6.45) is 1.12. The van der Waals surface area contributed by atoms with Gasteiger partial charge in [0, 0.05) is 6.61 Å². The summed E-state index contributed by atoms with van der Waals surface area (Å²) in [7, 11) is 0. The van der Waals surface area contributed by atoms with Crippen molar-refractivity contribution in [3.8, 4) is 5.75 Å². The first kappa shape index (κ1) is 15.0. The molecule has 102 valence electrons. The molecule has 1 aromatic carbocycles. The van der Waals surface area contributed by atoms with Crippen LogP contribution in [0, 0.1) is 11.8 Å². The van der Waals surface area contributed by atoms with Gasteiger partial charge in [0.05, 0.1) is 6.61 Å². The molecule has 0 aliphatic heterocycles. The molecule has 2 nitrogen and oxygen atoms in total. The van der Waals surface area contributed by atoms with Gasteiger partial charge in [-0.2, -0.15) is 0 Å². The minimum atomic E-state index is 0.584. The highest BCUT2D eigenvalue weighted by Crippen LogP contribution is 2.14. The lowest BCUT2D eigenvalue weighted by atomic mass is 10.0. The van der Waals surface area contributed by atoms with Crippen LogP contribution in [0.15, 0.2) is 24.3 Å². The third kappa shape index (κ3) is 6.65. The Morgan fingerprint density at radius 3 is 2.11 bits per heavy atom. The van der Waals surface area contributed by atoms with Gasteiger partial charge in [0.2, 0.25) is 0 Å². The molecule has 2 heteroatoms. The smallest absolute Gasteiger partial charge is 0.119 e. The normalized spacial score (nSPS) is 11.2. The van der Waals surface area contributed by atoms with Crippen LogP contribution < -0.4 is 4.74 Å². The van der Waals surface area contributed by atoms with E-state index in [4.69, 9.17) is 9.47 Å². The van der Waals surface area contributed by atoms with Gasteiger partial charge in [-0.1, -0.05) is 39.8 Å². The largest absolute Gasteiger partial charge is 0.491 e. The zero-order valence-electron chi connectivity index (χ0n) is 12.1. The first-order chi connectivity index (χ1) is 8.58. The van der Waals surface area contributed by atoms with E-state index in [2.05, 4.69) is 39.8 Å². The van der Waals surface area contributed by atoms with E-state index >= 15 is 0 Å². The Hall–Kier alpha value is -1.02. The Labute approximate surface area is 111 Å². The molecular weight excluding hydrogens is 224 g/mol. The quantitative estimate of drug-likeness (QED) is 0.651. The summed E-state index contributed by atoms with van der Waals surface area (Å²) in [5.41, 5.74) is 1.37. The first-order valence-electron chi connectivity index (χ1n) is 6.87. The number of benzene rings is 1. The average molecular weight is 250 g/mol. The van der Waals surface area contributed by atoms with Crippen molar-refractivity contribution in [1.82, 2.24) is 0 Å². The van der Waals surface area contributed by atoms with E-state index in [9.17, 15) is 0 Å². The molecule has 1 aromatic rings. The van der Waals surface area contributed by atoms with Gasteiger partial charge in [-0.25, -0.2) is 0 Å². The van der Waals surface area contributed by atoms with Gasteiger partial charge < -0.3 is 9.47 Å². The standard InChI is InChI=1S/C16H26O2/c1-13(2)11-15-5-7-16(8-6-15)18-10-9-17-12-14(3)4/h5-8,13-14H,9-12H2,1-4H3. The number of rotatable bonds is 8. The van der Waals surface area contributed by atoms with Crippen molar-refractivity contribution in [3.05, 3.63) is 29.8 Å². The van der Waals surface area contributed by atoms with E-state index in [-0.39, 0.29) is 0 Å². The lowest BCUT2D eigenvalue weighted by Gasteiger charge is -2.10. The predicted molar refractivity (Wildman–Crippen MR) is 76.1 cm³/mol. The van der Waals surface area contributed by atoms with E-state index in [1.807, 2.05) is 12.1 Å². The van der Waals surface area contributed by atoms with Crippen molar-refractivity contribution in [2.45, 2.75) is 34.1 Å². The molecular formula is C16H26O2. The lowest BCUT2D eigenvalue weighted by Crippen LogP contribution is -2.10. The summed E-state index contributed by atoms with van der Waals surface area (Å²) in [5, 5.41) is 0. The van der Waals surface area contributed by atoms with E-state index in [1.165, 1.54) is 5.56 Å². The Balaban J connectivity index is 2.22. The molecule has 0 atom stereocenters. The van der Waals surface area contributed by atoms with Crippen LogP contribution >= 0.6 is 0 Å². The Morgan fingerprint density at radius 1 is 0.889 bits per heavy atom. The van der Waals surface area contributed by atoms with Gasteiger partial charge in [-0.05, 0) is 36.0 Å². The van der Waals surface area contributed by atoms with Crippen molar-refractivity contribution in [1.29, 1.82) is 0 Å². The molecule has 0 aliphatic rings. The molecule has 0 heterocycles. The van der Waals surface area contributed by atoms with Crippen LogP contribution in [0.1, 0.15) is 33.3 Å². The zero-order chi connectivity index (χ0) is 13.4. The second-order valence-corrected chi connectivity index (χ2v) is 5.56. The number of hydrogen-bond donors (Lipinski definition) is 0. The average Bonchev–Trinajstić information content (AvgIpc) is 2.30. The van der Waals surface area contributed by atoms with Crippen molar-refractivity contribution >= 4 is 0 Å². The summed E-state index contributed by atoms with van der Waals surface area (Å²) < 4.78 is 11.1. The molecule has 18 heavy (non-hydrogen) atoms. The number of hydrogen-bond acceptors (Lipinski definition) is 2. The highest BCUT2D eigenvalue weighted by Gasteiger charge is 1.99. The highest BCUT2D eigenvalue weighted by atomic mass is 16.5. The van der Waals surface area contributed by atoms with E-state index in [0.717, 1.165) is 18.8 Å². The molecule has 0 radical (unpaired) electrons. The molecule has 0 spiro atoms. The molecule has 0 aliphatic carbocycles. The van der Waals surface area contributed by atoms with Crippen LogP contribution in [-0.4, -0.2) is 19.8 Å². The van der Waals surface area contributed by atoms with Crippen molar-refractivity contribution in [2.75, 3.05) is 19.8 Å². The maximum Gasteiger partial charge on any atom is 0.119 e. The fraction of sp³-hybridized carbons (Fsp3) is 0.625. The summed E-state index contributed by atoms with van der Waals surface area (Å²) in [6.45, 7) is 10.8. The fourth-order valence-electron chi connectivity index (χ4n) is 1.73. The molecule has 0 N–H and O–H groups in total. The minimum absolute atomic E-state index is 0.584. The monoisotopic (exact) mass is 250 g/mol. The van der Waals surface area contributed by atoms with Crippen molar-refractivity contribution < 1.29 is 9.47 Å².